The van der Waals surface area contributed by atoms with Crippen LogP contribution < -0.4 is 4.74 Å². The number of benzene rings is 1. The Labute approximate surface area is 170 Å². The second-order valence-electron chi connectivity index (χ2n) is 7.52. The van der Waals surface area contributed by atoms with Crippen molar-refractivity contribution in [1.29, 1.82) is 0 Å². The lowest BCUT2D eigenvalue weighted by Crippen LogP contribution is -2.49. The number of rotatable bonds is 4. The first-order valence-corrected chi connectivity index (χ1v) is 9.90. The van der Waals surface area contributed by atoms with Gasteiger partial charge in [-0.1, -0.05) is 12.1 Å². The number of aromatic nitrogens is 4. The predicted octanol–water partition coefficient (Wildman–Crippen LogP) is 3.35. The zero-order chi connectivity index (χ0) is 20.4. The van der Waals surface area contributed by atoms with Gasteiger partial charge in [-0.25, -0.2) is 4.98 Å². The van der Waals surface area contributed by atoms with Crippen LogP contribution in [0.3, 0.4) is 0 Å². The van der Waals surface area contributed by atoms with E-state index in [1.54, 1.807) is 18.6 Å². The number of pyridine rings is 1. The molecule has 150 valence electrons. The predicted molar refractivity (Wildman–Crippen MR) is 109 cm³/mol. The zero-order valence-corrected chi connectivity index (χ0v) is 16.9. The number of aryl methyl sites for hydroxylation is 1. The molecule has 0 radical (unpaired) electrons. The van der Waals surface area contributed by atoms with Crippen LogP contribution in [0.4, 0.5) is 0 Å². The van der Waals surface area contributed by atoms with Gasteiger partial charge in [0.2, 0.25) is 5.88 Å². The maximum Gasteiger partial charge on any atom is 0.256 e. The molecule has 1 aromatic carbocycles. The lowest BCUT2D eigenvalue weighted by atomic mass is 9.99. The van der Waals surface area contributed by atoms with E-state index in [-0.39, 0.29) is 18.1 Å². The number of hydrogen-bond donors (Lipinski definition) is 0. The number of carbonyl (C=O) groups is 1. The molecule has 0 spiro atoms. The number of nitrogens with zero attached hydrogens (tertiary/aromatic N) is 5. The lowest BCUT2D eigenvalue weighted by molar-refractivity contribution is 0.0370. The summed E-state index contributed by atoms with van der Waals surface area (Å²) in [5.74, 6) is 0.616. The third kappa shape index (κ3) is 3.85. The summed E-state index contributed by atoms with van der Waals surface area (Å²) in [4.78, 5) is 21.2. The summed E-state index contributed by atoms with van der Waals surface area (Å²) in [6.07, 6.45) is 6.65. The highest BCUT2D eigenvalue weighted by Gasteiger charge is 2.32. The van der Waals surface area contributed by atoms with Gasteiger partial charge in [-0.2, -0.15) is 15.0 Å². The first kappa shape index (κ1) is 19.1. The summed E-state index contributed by atoms with van der Waals surface area (Å²) < 4.78 is 6.20. The average molecular weight is 391 g/mol. The topological polar surface area (TPSA) is 73.1 Å². The van der Waals surface area contributed by atoms with Crippen molar-refractivity contribution in [3.8, 4) is 11.6 Å². The Kier molecular flexibility index (Phi) is 5.29. The number of carbonyl (C=O) groups excluding carboxylic acids is 1. The first-order valence-electron chi connectivity index (χ1n) is 9.90. The van der Waals surface area contributed by atoms with Gasteiger partial charge in [0.15, 0.2) is 0 Å². The fourth-order valence-electron chi connectivity index (χ4n) is 3.66. The maximum absolute atomic E-state index is 13.4. The van der Waals surface area contributed by atoms with Crippen LogP contribution in [-0.4, -0.2) is 49.5 Å². The molecule has 2 unspecified atom stereocenters. The Balaban J connectivity index is 1.56. The van der Waals surface area contributed by atoms with E-state index in [0.29, 0.717) is 23.7 Å². The molecule has 2 aromatic heterocycles. The van der Waals surface area contributed by atoms with Gasteiger partial charge in [-0.3, -0.25) is 4.79 Å². The fourth-order valence-corrected chi connectivity index (χ4v) is 3.66. The highest BCUT2D eigenvalue weighted by Crippen LogP contribution is 2.26. The molecule has 1 aliphatic heterocycles. The molecular formula is C22H25N5O2. The number of piperidine rings is 1. The summed E-state index contributed by atoms with van der Waals surface area (Å²) in [7, 11) is 0. The maximum atomic E-state index is 13.4. The largest absolute Gasteiger partial charge is 0.472 e. The molecule has 1 amide bonds. The highest BCUT2D eigenvalue weighted by atomic mass is 16.5. The second kappa shape index (κ2) is 8.03. The lowest BCUT2D eigenvalue weighted by Gasteiger charge is -2.38. The van der Waals surface area contributed by atoms with Gasteiger partial charge in [0, 0.05) is 17.8 Å². The van der Waals surface area contributed by atoms with Crippen molar-refractivity contribution in [1.82, 2.24) is 24.9 Å². The molecule has 1 saturated heterocycles. The monoisotopic (exact) mass is 391 g/mol. The van der Waals surface area contributed by atoms with Gasteiger partial charge < -0.3 is 9.64 Å². The third-order valence-electron chi connectivity index (χ3n) is 5.58. The molecule has 2 atom stereocenters. The van der Waals surface area contributed by atoms with E-state index >= 15 is 0 Å². The second-order valence-corrected chi connectivity index (χ2v) is 7.52. The van der Waals surface area contributed by atoms with Crippen molar-refractivity contribution in [2.24, 2.45) is 0 Å². The number of ether oxygens (including phenoxy) is 1. The molecule has 0 aliphatic carbocycles. The Morgan fingerprint density at radius 2 is 1.83 bits per heavy atom. The van der Waals surface area contributed by atoms with Gasteiger partial charge in [0.1, 0.15) is 6.10 Å². The summed E-state index contributed by atoms with van der Waals surface area (Å²) >= 11 is 0. The minimum absolute atomic E-state index is 0.0346. The minimum atomic E-state index is -0.0851. The van der Waals surface area contributed by atoms with Crippen molar-refractivity contribution >= 4 is 5.91 Å². The Morgan fingerprint density at radius 1 is 1.07 bits per heavy atom. The Hall–Kier alpha value is -3.22. The van der Waals surface area contributed by atoms with Gasteiger partial charge in [-0.15, -0.1) is 0 Å². The first-order chi connectivity index (χ1) is 14.0. The summed E-state index contributed by atoms with van der Waals surface area (Å²) in [6, 6.07) is 9.53. The Bertz CT molecular complexity index is 1000. The van der Waals surface area contributed by atoms with Crippen LogP contribution in [0.15, 0.2) is 48.9 Å². The van der Waals surface area contributed by atoms with Gasteiger partial charge in [0.25, 0.3) is 5.91 Å². The number of amides is 1. The fraction of sp³-hybridized carbons (Fsp3) is 0.364. The normalized spacial score (nSPS) is 19.2. The quantitative estimate of drug-likeness (QED) is 0.682. The summed E-state index contributed by atoms with van der Waals surface area (Å²) in [5, 5.41) is 8.37. The third-order valence-corrected chi connectivity index (χ3v) is 5.58. The molecule has 4 rings (SSSR count). The van der Waals surface area contributed by atoms with Crippen LogP contribution in [0.1, 0.15) is 41.3 Å². The van der Waals surface area contributed by atoms with Crippen LogP contribution in [0.2, 0.25) is 0 Å². The van der Waals surface area contributed by atoms with Crippen molar-refractivity contribution in [3.63, 3.8) is 0 Å². The smallest absolute Gasteiger partial charge is 0.256 e. The zero-order valence-electron chi connectivity index (χ0n) is 16.9. The van der Waals surface area contributed by atoms with E-state index < -0.39 is 0 Å². The van der Waals surface area contributed by atoms with E-state index in [2.05, 4.69) is 22.1 Å². The number of likely N-dealkylation sites (tertiary alicyclic amines) is 1. The molecule has 1 aliphatic rings. The van der Waals surface area contributed by atoms with Crippen LogP contribution in [0.5, 0.6) is 5.88 Å². The highest BCUT2D eigenvalue weighted by molar-refractivity contribution is 5.98. The van der Waals surface area contributed by atoms with Gasteiger partial charge in [-0.05, 0) is 57.4 Å². The van der Waals surface area contributed by atoms with Crippen LogP contribution >= 0.6 is 0 Å². The minimum Gasteiger partial charge on any atom is -0.472 e. The number of para-hydroxylation sites is 1. The molecule has 7 heteroatoms. The molecule has 3 heterocycles. The molecular weight excluding hydrogens is 366 g/mol. The average Bonchev–Trinajstić information content (AvgIpc) is 3.27. The van der Waals surface area contributed by atoms with Crippen LogP contribution in [-0.2, 0) is 0 Å². The van der Waals surface area contributed by atoms with E-state index in [1.807, 2.05) is 49.1 Å². The van der Waals surface area contributed by atoms with Crippen LogP contribution in [0, 0.1) is 13.8 Å². The van der Waals surface area contributed by atoms with Crippen molar-refractivity contribution in [3.05, 3.63) is 65.6 Å². The van der Waals surface area contributed by atoms with Gasteiger partial charge >= 0.3 is 0 Å². The summed E-state index contributed by atoms with van der Waals surface area (Å²) in [5.41, 5.74) is 3.45. The van der Waals surface area contributed by atoms with Crippen LogP contribution in [0.25, 0.3) is 5.69 Å². The molecule has 29 heavy (non-hydrogen) atoms. The van der Waals surface area contributed by atoms with E-state index in [0.717, 1.165) is 24.0 Å². The summed E-state index contributed by atoms with van der Waals surface area (Å²) in [6.45, 7) is 6.66. The van der Waals surface area contributed by atoms with Crippen molar-refractivity contribution < 1.29 is 9.53 Å². The molecule has 3 aromatic rings. The van der Waals surface area contributed by atoms with E-state index in [9.17, 15) is 4.79 Å². The van der Waals surface area contributed by atoms with Crippen molar-refractivity contribution in [2.75, 3.05) is 6.54 Å². The standard InChI is InChI=1S/C22H25N5O2/c1-15-10-11-23-21(17(15)3)29-18-9-8-16(2)26(14-18)22(28)19-6-4-5-7-20(19)27-24-12-13-25-27/h4-7,10-13,16,18H,8-9,14H2,1-3H3. The molecule has 0 bridgehead atoms. The number of hydrogen-bond acceptors (Lipinski definition) is 5. The van der Waals surface area contributed by atoms with E-state index in [4.69, 9.17) is 4.74 Å². The molecule has 0 saturated carbocycles. The van der Waals surface area contributed by atoms with E-state index in [1.165, 1.54) is 4.80 Å². The molecule has 0 N–H and O–H groups in total. The Morgan fingerprint density at radius 3 is 2.62 bits per heavy atom. The van der Waals surface area contributed by atoms with Gasteiger partial charge in [0.05, 0.1) is 30.2 Å². The SMILES string of the molecule is Cc1ccnc(OC2CCC(C)N(C(=O)c3ccccc3-n3nccn3)C2)c1C. The molecule has 1 fully saturated rings. The molecule has 7 nitrogen and oxygen atoms in total. The van der Waals surface area contributed by atoms with Crippen molar-refractivity contribution in [2.45, 2.75) is 45.8 Å².